The Balaban J connectivity index is 2.07. The molecule has 0 saturated heterocycles. The number of hydrogen-bond donors (Lipinski definition) is 2. The summed E-state index contributed by atoms with van der Waals surface area (Å²) in [6.45, 7) is 0. The Bertz CT molecular complexity index is 934. The highest BCUT2D eigenvalue weighted by atomic mass is 79.9. The van der Waals surface area contributed by atoms with Gasteiger partial charge in [0.15, 0.2) is 5.82 Å². The van der Waals surface area contributed by atoms with Gasteiger partial charge in [0.1, 0.15) is 11.6 Å². The maximum Gasteiger partial charge on any atom is 0.262 e. The molecule has 0 radical (unpaired) electrons. The number of fused-ring (bicyclic) bond motifs is 1. The molecule has 128 valence electrons. The van der Waals surface area contributed by atoms with Gasteiger partial charge < -0.3 is 5.11 Å². The molecule has 2 aromatic rings. The van der Waals surface area contributed by atoms with E-state index in [1.807, 2.05) is 4.72 Å². The van der Waals surface area contributed by atoms with E-state index >= 15 is 0 Å². The van der Waals surface area contributed by atoms with E-state index in [0.29, 0.717) is 0 Å². The molecule has 1 atom stereocenters. The third kappa shape index (κ3) is 2.91. The maximum atomic E-state index is 14.0. The molecule has 24 heavy (non-hydrogen) atoms. The normalized spacial score (nSPS) is 17.0. The molecule has 0 saturated carbocycles. The molecule has 0 bridgehead atoms. The zero-order chi connectivity index (χ0) is 17.6. The highest BCUT2D eigenvalue weighted by Crippen LogP contribution is 2.37. The molecule has 2 N–H and O–H groups in total. The van der Waals surface area contributed by atoms with Gasteiger partial charge in [0.2, 0.25) is 0 Å². The van der Waals surface area contributed by atoms with E-state index in [1.54, 1.807) is 0 Å². The summed E-state index contributed by atoms with van der Waals surface area (Å²) in [6, 6.07) is 3.73. The van der Waals surface area contributed by atoms with Gasteiger partial charge in [-0.1, -0.05) is 0 Å². The molecule has 1 aliphatic carbocycles. The lowest BCUT2D eigenvalue weighted by Crippen LogP contribution is -2.16. The highest BCUT2D eigenvalue weighted by Gasteiger charge is 2.30. The van der Waals surface area contributed by atoms with Crippen molar-refractivity contribution in [3.8, 4) is 0 Å². The molecule has 0 spiro atoms. The van der Waals surface area contributed by atoms with E-state index in [0.717, 1.165) is 24.3 Å². The van der Waals surface area contributed by atoms with Gasteiger partial charge in [-0.3, -0.25) is 4.72 Å². The maximum absolute atomic E-state index is 14.0. The van der Waals surface area contributed by atoms with E-state index in [-0.39, 0.29) is 28.9 Å². The van der Waals surface area contributed by atoms with Crippen LogP contribution in [0.3, 0.4) is 0 Å². The largest absolute Gasteiger partial charge is 0.388 e. The van der Waals surface area contributed by atoms with Crippen LogP contribution in [0.15, 0.2) is 33.6 Å². The number of aliphatic hydroxyl groups excluding tert-OH is 1. The average molecular weight is 422 g/mol. The number of nitrogens with one attached hydrogen (secondary N) is 1. The second-order valence-electron chi connectivity index (χ2n) is 5.35. The molecule has 0 fully saturated rings. The first kappa shape index (κ1) is 17.2. The smallest absolute Gasteiger partial charge is 0.262 e. The quantitative estimate of drug-likeness (QED) is 0.743. The average Bonchev–Trinajstić information content (AvgIpc) is 2.88. The van der Waals surface area contributed by atoms with Crippen molar-refractivity contribution in [2.24, 2.45) is 0 Å². The van der Waals surface area contributed by atoms with Gasteiger partial charge in [-0.15, -0.1) is 0 Å². The highest BCUT2D eigenvalue weighted by molar-refractivity contribution is 9.10. The van der Waals surface area contributed by atoms with Crippen LogP contribution >= 0.6 is 15.9 Å². The number of benzene rings is 2. The van der Waals surface area contributed by atoms with Crippen LogP contribution in [0, 0.1) is 17.5 Å². The fourth-order valence-corrected chi connectivity index (χ4v) is 4.39. The minimum Gasteiger partial charge on any atom is -0.388 e. The zero-order valence-electron chi connectivity index (χ0n) is 12.0. The van der Waals surface area contributed by atoms with Gasteiger partial charge in [-0.25, -0.2) is 21.6 Å². The molecule has 0 heterocycles. The first-order valence-corrected chi connectivity index (χ1v) is 9.15. The Morgan fingerprint density at radius 1 is 1.21 bits per heavy atom. The van der Waals surface area contributed by atoms with Gasteiger partial charge in [0.25, 0.3) is 10.0 Å². The molecular weight excluding hydrogens is 411 g/mol. The SMILES string of the molecule is O=S(=O)(Nc1ccc(F)c(Br)c1F)c1cc(F)cc2c1CCC2O. The number of sulfonamides is 1. The van der Waals surface area contributed by atoms with Crippen LogP contribution in [0.1, 0.15) is 23.7 Å². The summed E-state index contributed by atoms with van der Waals surface area (Å²) in [5, 5.41) is 9.81. The van der Waals surface area contributed by atoms with Crippen LogP contribution in [0.5, 0.6) is 0 Å². The van der Waals surface area contributed by atoms with Crippen molar-refractivity contribution >= 4 is 31.6 Å². The predicted molar refractivity (Wildman–Crippen MR) is 84.5 cm³/mol. The number of hydrogen-bond acceptors (Lipinski definition) is 3. The van der Waals surface area contributed by atoms with Crippen molar-refractivity contribution in [3.05, 3.63) is 57.3 Å². The number of halogens is 4. The summed E-state index contributed by atoms with van der Waals surface area (Å²) < 4.78 is 67.5. The number of aliphatic hydroxyl groups is 1. The van der Waals surface area contributed by atoms with Gasteiger partial charge in [-0.05, 0) is 64.2 Å². The Morgan fingerprint density at radius 3 is 2.62 bits per heavy atom. The van der Waals surface area contributed by atoms with E-state index in [1.165, 1.54) is 0 Å². The summed E-state index contributed by atoms with van der Waals surface area (Å²) in [4.78, 5) is -0.367. The molecule has 3 rings (SSSR count). The molecule has 1 aliphatic rings. The molecule has 0 amide bonds. The molecular formula is C15H11BrF3NO3S. The third-order valence-electron chi connectivity index (χ3n) is 3.80. The first-order valence-electron chi connectivity index (χ1n) is 6.87. The summed E-state index contributed by atoms with van der Waals surface area (Å²) in [5.74, 6) is -2.83. The summed E-state index contributed by atoms with van der Waals surface area (Å²) in [7, 11) is -4.32. The zero-order valence-corrected chi connectivity index (χ0v) is 14.4. The fraction of sp³-hybridized carbons (Fsp3) is 0.200. The Labute approximate surface area is 144 Å². The second kappa shape index (κ2) is 6.05. The Kier molecular flexibility index (Phi) is 4.35. The van der Waals surface area contributed by atoms with Crippen molar-refractivity contribution in [2.45, 2.75) is 23.8 Å². The van der Waals surface area contributed by atoms with E-state index in [9.17, 15) is 26.7 Å². The van der Waals surface area contributed by atoms with Crippen LogP contribution in [-0.4, -0.2) is 13.5 Å². The van der Waals surface area contributed by atoms with Gasteiger partial charge in [-0.2, -0.15) is 0 Å². The standard InChI is InChI=1S/C15H11BrF3NO3S/c16-14-10(18)2-3-11(15(14)19)20-24(22,23)13-6-7(17)5-9-8(13)1-4-12(9)21/h2-3,5-6,12,20-21H,1,4H2. The van der Waals surface area contributed by atoms with Crippen molar-refractivity contribution < 1.29 is 26.7 Å². The molecule has 1 unspecified atom stereocenters. The molecule has 0 aliphatic heterocycles. The summed E-state index contributed by atoms with van der Waals surface area (Å²) in [5.41, 5.74) is 0.0222. The monoisotopic (exact) mass is 421 g/mol. The Morgan fingerprint density at radius 2 is 1.92 bits per heavy atom. The van der Waals surface area contributed by atoms with Crippen molar-refractivity contribution in [1.29, 1.82) is 0 Å². The summed E-state index contributed by atoms with van der Waals surface area (Å²) >= 11 is 2.69. The lowest BCUT2D eigenvalue weighted by atomic mass is 10.1. The van der Waals surface area contributed by atoms with Crippen molar-refractivity contribution in [1.82, 2.24) is 0 Å². The number of rotatable bonds is 3. The fourth-order valence-electron chi connectivity index (χ4n) is 2.68. The predicted octanol–water partition coefficient (Wildman–Crippen LogP) is 3.65. The van der Waals surface area contributed by atoms with E-state index < -0.39 is 43.7 Å². The van der Waals surface area contributed by atoms with Gasteiger partial charge >= 0.3 is 0 Å². The molecule has 9 heteroatoms. The molecule has 0 aromatic heterocycles. The van der Waals surface area contributed by atoms with Crippen molar-refractivity contribution in [2.75, 3.05) is 4.72 Å². The Hall–Kier alpha value is -1.58. The van der Waals surface area contributed by atoms with Gasteiger partial charge in [0.05, 0.1) is 21.2 Å². The topological polar surface area (TPSA) is 66.4 Å². The molecule has 4 nitrogen and oxygen atoms in total. The van der Waals surface area contributed by atoms with Crippen LogP contribution in [0.2, 0.25) is 0 Å². The second-order valence-corrected chi connectivity index (χ2v) is 7.80. The first-order chi connectivity index (χ1) is 11.2. The third-order valence-corrected chi connectivity index (χ3v) is 5.96. The van der Waals surface area contributed by atoms with Crippen LogP contribution in [0.25, 0.3) is 0 Å². The van der Waals surface area contributed by atoms with Crippen molar-refractivity contribution in [3.63, 3.8) is 0 Å². The van der Waals surface area contributed by atoms with Crippen LogP contribution in [0.4, 0.5) is 18.9 Å². The van der Waals surface area contributed by atoms with E-state index in [4.69, 9.17) is 0 Å². The lowest BCUT2D eigenvalue weighted by Gasteiger charge is -2.14. The van der Waals surface area contributed by atoms with E-state index in [2.05, 4.69) is 15.9 Å². The lowest BCUT2D eigenvalue weighted by molar-refractivity contribution is 0.179. The number of anilines is 1. The van der Waals surface area contributed by atoms with Gasteiger partial charge in [0, 0.05) is 0 Å². The minimum absolute atomic E-state index is 0.205. The van der Waals surface area contributed by atoms with Crippen LogP contribution < -0.4 is 4.72 Å². The molecule has 2 aromatic carbocycles. The summed E-state index contributed by atoms with van der Waals surface area (Å²) in [6.07, 6.45) is -0.415. The minimum atomic E-state index is -4.32. The van der Waals surface area contributed by atoms with Crippen LogP contribution in [-0.2, 0) is 16.4 Å².